The van der Waals surface area contributed by atoms with Crippen molar-refractivity contribution in [1.29, 1.82) is 0 Å². The fraction of sp³-hybridized carbons (Fsp3) is 0.286. The highest BCUT2D eigenvalue weighted by Crippen LogP contribution is 2.33. The predicted molar refractivity (Wildman–Crippen MR) is 134 cm³/mol. The zero-order valence-electron chi connectivity index (χ0n) is 19.9. The summed E-state index contributed by atoms with van der Waals surface area (Å²) in [5.41, 5.74) is 2.68. The predicted octanol–water partition coefficient (Wildman–Crippen LogP) is 6.22. The van der Waals surface area contributed by atoms with Crippen LogP contribution in [-0.4, -0.2) is 33.9 Å². The topological polar surface area (TPSA) is 27.7 Å². The molecule has 3 nitrogen and oxygen atoms in total. The number of hydrogen-bond acceptors (Lipinski definition) is 3. The van der Waals surface area contributed by atoms with E-state index < -0.39 is 11.6 Å². The molecule has 0 spiro atoms. The average Bonchev–Trinajstić information content (AvgIpc) is 2.88. The number of hydrogen-bond donors (Lipinski definition) is 0. The third kappa shape index (κ3) is 5.80. The van der Waals surface area contributed by atoms with Crippen LogP contribution in [0.3, 0.4) is 0 Å². The SMILES string of the molecule is BCOc1ccc(-c2ccc(-c3ccc(C4COC(CC/C=C/C)OC4)c(F)c3)cc2)c(F)c1F. The molecule has 0 unspecified atom stereocenters. The fourth-order valence-corrected chi connectivity index (χ4v) is 4.19. The Balaban J connectivity index is 1.45. The van der Waals surface area contributed by atoms with Crippen LogP contribution < -0.4 is 4.74 Å². The largest absolute Gasteiger partial charge is 0.500 e. The number of ether oxygens (including phenoxy) is 3. The van der Waals surface area contributed by atoms with Crippen molar-refractivity contribution in [2.24, 2.45) is 0 Å². The van der Waals surface area contributed by atoms with Crippen molar-refractivity contribution < 1.29 is 27.4 Å². The Morgan fingerprint density at radius 1 is 0.914 bits per heavy atom. The maximum Gasteiger partial charge on any atom is 0.201 e. The van der Waals surface area contributed by atoms with Gasteiger partial charge in [-0.2, -0.15) is 4.39 Å². The molecule has 1 fully saturated rings. The highest BCUT2D eigenvalue weighted by molar-refractivity contribution is 6.08. The van der Waals surface area contributed by atoms with Gasteiger partial charge in [-0.15, -0.1) is 0 Å². The van der Waals surface area contributed by atoms with E-state index in [0.29, 0.717) is 29.9 Å². The molecule has 4 rings (SSSR count). The second kappa shape index (κ2) is 11.6. The first-order valence-corrected chi connectivity index (χ1v) is 11.9. The molecular weight excluding hydrogens is 452 g/mol. The maximum atomic E-state index is 15.0. The molecule has 3 aromatic carbocycles. The zero-order chi connectivity index (χ0) is 24.8. The lowest BCUT2D eigenvalue weighted by Crippen LogP contribution is -2.31. The molecule has 0 aliphatic carbocycles. The fourth-order valence-electron chi connectivity index (χ4n) is 4.19. The van der Waals surface area contributed by atoms with Gasteiger partial charge in [0.2, 0.25) is 5.82 Å². The van der Waals surface area contributed by atoms with E-state index in [1.807, 2.05) is 19.1 Å². The molecule has 0 amide bonds. The molecule has 0 aromatic heterocycles. The summed E-state index contributed by atoms with van der Waals surface area (Å²) in [6.07, 6.45) is 5.47. The minimum atomic E-state index is -1.01. The molecule has 35 heavy (non-hydrogen) atoms. The van der Waals surface area contributed by atoms with Crippen LogP contribution in [0.25, 0.3) is 22.3 Å². The van der Waals surface area contributed by atoms with Gasteiger partial charge in [0.1, 0.15) is 5.82 Å². The van der Waals surface area contributed by atoms with E-state index in [-0.39, 0.29) is 35.8 Å². The number of halogens is 3. The molecule has 0 atom stereocenters. The number of benzene rings is 3. The van der Waals surface area contributed by atoms with Gasteiger partial charge >= 0.3 is 0 Å². The van der Waals surface area contributed by atoms with Gasteiger partial charge in [0.05, 0.1) is 19.7 Å². The zero-order valence-corrected chi connectivity index (χ0v) is 19.9. The monoisotopic (exact) mass is 480 g/mol. The van der Waals surface area contributed by atoms with Gasteiger partial charge in [-0.1, -0.05) is 48.6 Å². The van der Waals surface area contributed by atoms with E-state index in [1.54, 1.807) is 38.2 Å². The van der Waals surface area contributed by atoms with Crippen LogP contribution >= 0.6 is 0 Å². The Morgan fingerprint density at radius 2 is 1.60 bits per heavy atom. The standard InChI is InChI=1S/C28H28BF3O3/c1-2-3-4-5-26-33-15-21(16-34-26)22-11-10-20(14-24(22)30)18-6-8-19(9-7-18)23-12-13-25(35-17-29)28(32)27(23)31/h2-3,6-14,21,26H,4-5,15-17,29H2,1H3/b3-2+. The van der Waals surface area contributed by atoms with Crippen LogP contribution in [0, 0.1) is 17.5 Å². The van der Waals surface area contributed by atoms with Crippen LogP contribution in [0.1, 0.15) is 31.2 Å². The van der Waals surface area contributed by atoms with Crippen molar-refractivity contribution >= 4 is 7.85 Å². The normalized spacial score (nSPS) is 18.2. The van der Waals surface area contributed by atoms with Crippen molar-refractivity contribution in [3.8, 4) is 28.0 Å². The van der Waals surface area contributed by atoms with Gasteiger partial charge in [-0.3, -0.25) is 0 Å². The second-order valence-corrected chi connectivity index (χ2v) is 8.43. The quantitative estimate of drug-likeness (QED) is 0.283. The Bertz CT molecular complexity index is 1170. The molecule has 7 heteroatoms. The molecular formula is C28H28BF3O3. The van der Waals surface area contributed by atoms with Gasteiger partial charge in [0.15, 0.2) is 25.7 Å². The molecule has 0 radical (unpaired) electrons. The van der Waals surface area contributed by atoms with Crippen LogP contribution in [0.5, 0.6) is 5.75 Å². The lowest BCUT2D eigenvalue weighted by atomic mass is 9.95. The van der Waals surface area contributed by atoms with Crippen LogP contribution in [0.2, 0.25) is 0 Å². The third-order valence-corrected chi connectivity index (χ3v) is 6.09. The first kappa shape index (κ1) is 25.1. The summed E-state index contributed by atoms with van der Waals surface area (Å²) in [5.74, 6) is -2.57. The first-order valence-electron chi connectivity index (χ1n) is 11.9. The molecule has 182 valence electrons. The van der Waals surface area contributed by atoms with E-state index >= 15 is 0 Å². The lowest BCUT2D eigenvalue weighted by molar-refractivity contribution is -0.189. The van der Waals surface area contributed by atoms with Crippen molar-refractivity contribution in [1.82, 2.24) is 0 Å². The highest BCUT2D eigenvalue weighted by Gasteiger charge is 2.25. The Labute approximate surface area is 204 Å². The van der Waals surface area contributed by atoms with Gasteiger partial charge in [0.25, 0.3) is 0 Å². The number of allylic oxidation sites excluding steroid dienone is 2. The lowest BCUT2D eigenvalue weighted by Gasteiger charge is -2.29. The second-order valence-electron chi connectivity index (χ2n) is 8.43. The maximum absolute atomic E-state index is 15.0. The summed E-state index contributed by atoms with van der Waals surface area (Å²) in [6, 6.07) is 14.9. The molecule has 1 aliphatic rings. The van der Waals surface area contributed by atoms with Crippen molar-refractivity contribution in [3.05, 3.63) is 89.8 Å². The van der Waals surface area contributed by atoms with E-state index in [2.05, 4.69) is 6.08 Å². The summed E-state index contributed by atoms with van der Waals surface area (Å²) >= 11 is 0. The van der Waals surface area contributed by atoms with E-state index in [1.165, 1.54) is 18.2 Å². The summed E-state index contributed by atoms with van der Waals surface area (Å²) in [7, 11) is 1.71. The van der Waals surface area contributed by atoms with E-state index in [4.69, 9.17) is 14.2 Å². The molecule has 3 aromatic rings. The van der Waals surface area contributed by atoms with E-state index in [0.717, 1.165) is 18.4 Å². The molecule has 1 saturated heterocycles. The van der Waals surface area contributed by atoms with Crippen molar-refractivity contribution in [3.63, 3.8) is 0 Å². The van der Waals surface area contributed by atoms with Crippen LogP contribution in [0.15, 0.2) is 66.7 Å². The van der Waals surface area contributed by atoms with Gasteiger partial charge in [-0.05, 0) is 53.8 Å². The molecule has 1 aliphatic heterocycles. The van der Waals surface area contributed by atoms with Crippen LogP contribution in [0.4, 0.5) is 13.2 Å². The highest BCUT2D eigenvalue weighted by atomic mass is 19.2. The Morgan fingerprint density at radius 3 is 2.26 bits per heavy atom. The third-order valence-electron chi connectivity index (χ3n) is 6.09. The van der Waals surface area contributed by atoms with Crippen molar-refractivity contribution in [2.45, 2.75) is 32.0 Å². The summed E-state index contributed by atoms with van der Waals surface area (Å²) in [5, 5.41) is 0. The minimum absolute atomic E-state index is 0.112. The summed E-state index contributed by atoms with van der Waals surface area (Å²) in [6.45, 7) is 3.05. The number of rotatable bonds is 8. The summed E-state index contributed by atoms with van der Waals surface area (Å²) in [4.78, 5) is 0. The minimum Gasteiger partial charge on any atom is -0.500 e. The summed E-state index contributed by atoms with van der Waals surface area (Å²) < 4.78 is 60.4. The Hall–Kier alpha value is -3.03. The molecule has 1 heterocycles. The van der Waals surface area contributed by atoms with Crippen molar-refractivity contribution in [2.75, 3.05) is 19.7 Å². The molecule has 0 saturated carbocycles. The van der Waals surface area contributed by atoms with Gasteiger partial charge in [0, 0.05) is 17.9 Å². The first-order chi connectivity index (χ1) is 17.0. The van der Waals surface area contributed by atoms with Crippen LogP contribution in [-0.2, 0) is 9.47 Å². The Kier molecular flexibility index (Phi) is 8.31. The molecule has 0 bridgehead atoms. The van der Waals surface area contributed by atoms with E-state index in [9.17, 15) is 13.2 Å². The smallest absolute Gasteiger partial charge is 0.201 e. The average molecular weight is 480 g/mol. The molecule has 0 N–H and O–H groups in total. The van der Waals surface area contributed by atoms with Gasteiger partial charge < -0.3 is 14.2 Å². The van der Waals surface area contributed by atoms with Gasteiger partial charge in [-0.25, -0.2) is 8.78 Å².